The van der Waals surface area contributed by atoms with E-state index in [1.165, 1.54) is 5.56 Å². The SMILES string of the molecule is CCc1cccc(OCc2ccn(-c3ccccc3)n2)c1. The topological polar surface area (TPSA) is 27.1 Å². The van der Waals surface area contributed by atoms with Gasteiger partial charge in [-0.1, -0.05) is 37.3 Å². The molecule has 3 heteroatoms. The molecule has 0 atom stereocenters. The van der Waals surface area contributed by atoms with Crippen molar-refractivity contribution in [2.24, 2.45) is 0 Å². The lowest BCUT2D eigenvalue weighted by Crippen LogP contribution is -1.99. The molecule has 0 unspecified atom stereocenters. The zero-order valence-corrected chi connectivity index (χ0v) is 12.1. The van der Waals surface area contributed by atoms with Crippen molar-refractivity contribution in [2.45, 2.75) is 20.0 Å². The molecule has 0 radical (unpaired) electrons. The molecular weight excluding hydrogens is 260 g/mol. The van der Waals surface area contributed by atoms with Gasteiger partial charge in [0.1, 0.15) is 18.1 Å². The Balaban J connectivity index is 1.67. The Morgan fingerprint density at radius 2 is 1.86 bits per heavy atom. The van der Waals surface area contributed by atoms with Gasteiger partial charge in [-0.05, 0) is 42.3 Å². The summed E-state index contributed by atoms with van der Waals surface area (Å²) in [5.74, 6) is 0.892. The van der Waals surface area contributed by atoms with Crippen LogP contribution < -0.4 is 4.74 Å². The number of para-hydroxylation sites is 1. The molecule has 0 amide bonds. The third-order valence-electron chi connectivity index (χ3n) is 3.36. The number of nitrogens with zero attached hydrogens (tertiary/aromatic N) is 2. The average molecular weight is 278 g/mol. The molecule has 0 saturated heterocycles. The fourth-order valence-electron chi connectivity index (χ4n) is 2.18. The van der Waals surface area contributed by atoms with Crippen LogP contribution in [0.4, 0.5) is 0 Å². The number of hydrogen-bond donors (Lipinski definition) is 0. The standard InChI is InChI=1S/C18H18N2O/c1-2-15-7-6-10-18(13-15)21-14-16-11-12-20(19-16)17-8-4-3-5-9-17/h3-13H,2,14H2,1H3. The maximum Gasteiger partial charge on any atom is 0.132 e. The van der Waals surface area contributed by atoms with E-state index >= 15 is 0 Å². The quantitative estimate of drug-likeness (QED) is 0.705. The lowest BCUT2D eigenvalue weighted by Gasteiger charge is -2.06. The summed E-state index contributed by atoms with van der Waals surface area (Å²) in [6.07, 6.45) is 2.97. The van der Waals surface area contributed by atoms with Gasteiger partial charge in [-0.3, -0.25) is 0 Å². The van der Waals surface area contributed by atoms with Gasteiger partial charge in [0.2, 0.25) is 0 Å². The molecule has 0 saturated carbocycles. The minimum absolute atomic E-state index is 0.479. The van der Waals surface area contributed by atoms with E-state index in [1.54, 1.807) is 0 Å². The molecule has 0 N–H and O–H groups in total. The van der Waals surface area contributed by atoms with Crippen LogP contribution >= 0.6 is 0 Å². The number of aromatic nitrogens is 2. The van der Waals surface area contributed by atoms with Crippen LogP contribution in [0.25, 0.3) is 5.69 Å². The minimum atomic E-state index is 0.479. The number of rotatable bonds is 5. The first-order valence-electron chi connectivity index (χ1n) is 7.17. The fourth-order valence-corrected chi connectivity index (χ4v) is 2.18. The number of benzene rings is 2. The largest absolute Gasteiger partial charge is 0.487 e. The van der Waals surface area contributed by atoms with Gasteiger partial charge in [0, 0.05) is 6.20 Å². The van der Waals surface area contributed by atoms with Crippen LogP contribution in [0, 0.1) is 0 Å². The Kier molecular flexibility index (Phi) is 4.01. The molecule has 2 aromatic carbocycles. The third-order valence-corrected chi connectivity index (χ3v) is 3.36. The van der Waals surface area contributed by atoms with Gasteiger partial charge >= 0.3 is 0 Å². The molecule has 3 aromatic rings. The van der Waals surface area contributed by atoms with Crippen LogP contribution in [0.2, 0.25) is 0 Å². The van der Waals surface area contributed by atoms with Crippen molar-refractivity contribution in [3.05, 3.63) is 78.1 Å². The third kappa shape index (κ3) is 3.31. The van der Waals surface area contributed by atoms with E-state index in [1.807, 2.05) is 59.4 Å². The Labute approximate surface area is 124 Å². The van der Waals surface area contributed by atoms with Crippen molar-refractivity contribution in [1.82, 2.24) is 9.78 Å². The van der Waals surface area contributed by atoms with Crippen molar-refractivity contribution in [2.75, 3.05) is 0 Å². The summed E-state index contributed by atoms with van der Waals surface area (Å²) >= 11 is 0. The molecule has 0 bridgehead atoms. The normalized spacial score (nSPS) is 10.5. The van der Waals surface area contributed by atoms with Crippen molar-refractivity contribution in [3.63, 3.8) is 0 Å². The Morgan fingerprint density at radius 1 is 1.00 bits per heavy atom. The second-order valence-electron chi connectivity index (χ2n) is 4.88. The van der Waals surface area contributed by atoms with Gasteiger partial charge in [0.05, 0.1) is 5.69 Å². The van der Waals surface area contributed by atoms with Gasteiger partial charge in [0.15, 0.2) is 0 Å². The van der Waals surface area contributed by atoms with E-state index in [-0.39, 0.29) is 0 Å². The van der Waals surface area contributed by atoms with Crippen molar-refractivity contribution >= 4 is 0 Å². The molecule has 0 aliphatic heterocycles. The van der Waals surface area contributed by atoms with Crippen LogP contribution in [-0.2, 0) is 13.0 Å². The van der Waals surface area contributed by atoms with Crippen LogP contribution in [0.5, 0.6) is 5.75 Å². The molecule has 21 heavy (non-hydrogen) atoms. The zero-order valence-electron chi connectivity index (χ0n) is 12.1. The van der Waals surface area contributed by atoms with E-state index in [4.69, 9.17) is 4.74 Å². The average Bonchev–Trinajstić information content (AvgIpc) is 3.03. The first-order chi connectivity index (χ1) is 10.3. The van der Waals surface area contributed by atoms with Gasteiger partial charge in [0.25, 0.3) is 0 Å². The molecule has 1 heterocycles. The van der Waals surface area contributed by atoms with Gasteiger partial charge in [-0.25, -0.2) is 4.68 Å². The van der Waals surface area contributed by atoms with Crippen molar-refractivity contribution in [3.8, 4) is 11.4 Å². The van der Waals surface area contributed by atoms with Crippen LogP contribution in [0.15, 0.2) is 66.9 Å². The van der Waals surface area contributed by atoms with Crippen LogP contribution in [0.3, 0.4) is 0 Å². The highest BCUT2D eigenvalue weighted by Gasteiger charge is 2.02. The van der Waals surface area contributed by atoms with E-state index in [0.29, 0.717) is 6.61 Å². The smallest absolute Gasteiger partial charge is 0.132 e. The number of aryl methyl sites for hydroxylation is 1. The summed E-state index contributed by atoms with van der Waals surface area (Å²) in [4.78, 5) is 0. The van der Waals surface area contributed by atoms with Crippen molar-refractivity contribution < 1.29 is 4.74 Å². The van der Waals surface area contributed by atoms with Gasteiger partial charge in [-0.2, -0.15) is 5.10 Å². The lowest BCUT2D eigenvalue weighted by molar-refractivity contribution is 0.300. The molecule has 0 fully saturated rings. The molecular formula is C18H18N2O. The van der Waals surface area contributed by atoms with E-state index in [2.05, 4.69) is 24.2 Å². The zero-order chi connectivity index (χ0) is 14.5. The predicted molar refractivity (Wildman–Crippen MR) is 83.7 cm³/mol. The summed E-state index contributed by atoms with van der Waals surface area (Å²) in [6.45, 7) is 2.62. The second kappa shape index (κ2) is 6.27. The molecule has 106 valence electrons. The molecule has 0 spiro atoms. The summed E-state index contributed by atoms with van der Waals surface area (Å²) in [5.41, 5.74) is 3.25. The molecule has 1 aromatic heterocycles. The highest BCUT2D eigenvalue weighted by Crippen LogP contribution is 2.15. The first kappa shape index (κ1) is 13.4. The highest BCUT2D eigenvalue weighted by molar-refractivity contribution is 5.31. The van der Waals surface area contributed by atoms with Crippen LogP contribution in [-0.4, -0.2) is 9.78 Å². The second-order valence-corrected chi connectivity index (χ2v) is 4.88. The predicted octanol–water partition coefficient (Wildman–Crippen LogP) is 4.01. The maximum atomic E-state index is 5.81. The summed E-state index contributed by atoms with van der Waals surface area (Å²) in [7, 11) is 0. The molecule has 0 aliphatic rings. The molecule has 3 rings (SSSR count). The van der Waals surface area contributed by atoms with Gasteiger partial charge < -0.3 is 4.74 Å². The summed E-state index contributed by atoms with van der Waals surface area (Å²) < 4.78 is 7.67. The first-order valence-corrected chi connectivity index (χ1v) is 7.17. The van der Waals surface area contributed by atoms with Gasteiger partial charge in [-0.15, -0.1) is 0 Å². The Morgan fingerprint density at radius 3 is 2.67 bits per heavy atom. The van der Waals surface area contributed by atoms with E-state index in [9.17, 15) is 0 Å². The highest BCUT2D eigenvalue weighted by atomic mass is 16.5. The molecule has 3 nitrogen and oxygen atoms in total. The maximum absolute atomic E-state index is 5.81. The molecule has 0 aliphatic carbocycles. The van der Waals surface area contributed by atoms with E-state index < -0.39 is 0 Å². The van der Waals surface area contributed by atoms with Crippen molar-refractivity contribution in [1.29, 1.82) is 0 Å². The van der Waals surface area contributed by atoms with E-state index in [0.717, 1.165) is 23.6 Å². The number of ether oxygens (including phenoxy) is 1. The lowest BCUT2D eigenvalue weighted by atomic mass is 10.2. The Hall–Kier alpha value is -2.55. The summed E-state index contributed by atoms with van der Waals surface area (Å²) in [6, 6.07) is 20.2. The number of hydrogen-bond acceptors (Lipinski definition) is 2. The fraction of sp³-hybridized carbons (Fsp3) is 0.167. The van der Waals surface area contributed by atoms with Crippen LogP contribution in [0.1, 0.15) is 18.2 Å². The monoisotopic (exact) mass is 278 g/mol. The minimum Gasteiger partial charge on any atom is -0.487 e. The Bertz CT molecular complexity index is 704. The summed E-state index contributed by atoms with van der Waals surface area (Å²) in [5, 5.41) is 4.53.